The minimum Gasteiger partial charge on any atom is -0.504 e. The Morgan fingerprint density at radius 2 is 1.78 bits per heavy atom. The van der Waals surface area contributed by atoms with Gasteiger partial charge in [-0.2, -0.15) is 0 Å². The fourth-order valence-electron chi connectivity index (χ4n) is 5.25. The molecular weight excluding hydrogens is 530 g/mol. The van der Waals surface area contributed by atoms with E-state index in [1.165, 1.54) is 13.2 Å². The van der Waals surface area contributed by atoms with Crippen LogP contribution in [0.3, 0.4) is 0 Å². The van der Waals surface area contributed by atoms with Crippen molar-refractivity contribution in [3.8, 4) is 11.5 Å². The highest BCUT2D eigenvalue weighted by Gasteiger charge is 2.50. The molecule has 4 N–H and O–H groups in total. The van der Waals surface area contributed by atoms with Crippen LogP contribution in [0, 0.1) is 5.92 Å². The van der Waals surface area contributed by atoms with Crippen LogP contribution < -0.4 is 20.7 Å². The van der Waals surface area contributed by atoms with Crippen molar-refractivity contribution in [2.45, 2.75) is 82.5 Å². The van der Waals surface area contributed by atoms with Crippen molar-refractivity contribution in [2.75, 3.05) is 26.9 Å². The van der Waals surface area contributed by atoms with Crippen molar-refractivity contribution in [2.24, 2.45) is 5.92 Å². The van der Waals surface area contributed by atoms with Crippen LogP contribution in [0.1, 0.15) is 57.9 Å². The summed E-state index contributed by atoms with van der Waals surface area (Å²) in [6, 6.07) is 1.93. The number of nitrogens with one attached hydrogen (secondary N) is 3. The maximum absolute atomic E-state index is 13.7. The Labute approximate surface area is 240 Å². The third-order valence-corrected chi connectivity index (χ3v) is 7.99. The quantitative estimate of drug-likeness (QED) is 0.206. The first-order chi connectivity index (χ1) is 19.6. The van der Waals surface area contributed by atoms with Gasteiger partial charge in [-0.3, -0.25) is 19.2 Å². The number of methoxy groups -OCH3 is 1. The molecule has 0 saturated carbocycles. The second-order valence-corrected chi connectivity index (χ2v) is 11.3. The van der Waals surface area contributed by atoms with Gasteiger partial charge in [0, 0.05) is 25.6 Å². The second kappa shape index (κ2) is 13.5. The Hall–Kier alpha value is -3.44. The van der Waals surface area contributed by atoms with E-state index in [0.717, 1.165) is 24.8 Å². The van der Waals surface area contributed by atoms with Gasteiger partial charge in [-0.25, -0.2) is 0 Å². The molecule has 0 aromatic heterocycles. The minimum absolute atomic E-state index is 0.0349. The van der Waals surface area contributed by atoms with Crippen LogP contribution >= 0.6 is 0 Å². The fraction of sp³-hybridized carbons (Fsp3) is 0.600. The number of amides is 3. The molecule has 1 aliphatic carbocycles. The molecule has 2 fully saturated rings. The molecule has 224 valence electrons. The van der Waals surface area contributed by atoms with Gasteiger partial charge in [0.25, 0.3) is 0 Å². The van der Waals surface area contributed by atoms with Gasteiger partial charge in [0.1, 0.15) is 17.7 Å². The lowest BCUT2D eigenvalue weighted by Crippen LogP contribution is -2.57. The van der Waals surface area contributed by atoms with Gasteiger partial charge >= 0.3 is 0 Å². The average molecular weight is 572 g/mol. The number of aromatic hydroxyl groups is 1. The Kier molecular flexibility index (Phi) is 10.0. The Balaban J connectivity index is 1.49. The Bertz CT molecular complexity index is 1170. The number of hydrogen-bond acceptors (Lipinski definition) is 8. The topological polar surface area (TPSA) is 156 Å². The third kappa shape index (κ3) is 8.07. The number of carbonyl (C=O) groups excluding carboxylic acids is 4. The smallest absolute Gasteiger partial charge is 0.243 e. The van der Waals surface area contributed by atoms with Gasteiger partial charge in [0.15, 0.2) is 17.3 Å². The van der Waals surface area contributed by atoms with Gasteiger partial charge in [-0.1, -0.05) is 17.7 Å². The predicted molar refractivity (Wildman–Crippen MR) is 149 cm³/mol. The molecule has 4 rings (SSSR count). The number of epoxide rings is 1. The van der Waals surface area contributed by atoms with Crippen molar-refractivity contribution in [3.05, 3.63) is 35.4 Å². The van der Waals surface area contributed by atoms with E-state index < -0.39 is 35.5 Å². The summed E-state index contributed by atoms with van der Waals surface area (Å²) in [5.74, 6) is -1.58. The zero-order valence-corrected chi connectivity index (χ0v) is 24.0. The van der Waals surface area contributed by atoms with Crippen LogP contribution in [0.2, 0.25) is 0 Å². The molecule has 2 aliphatic heterocycles. The summed E-state index contributed by atoms with van der Waals surface area (Å²) in [7, 11) is 1.43. The number of phenols is 1. The number of allylic oxidation sites excluding steroid dienone is 1. The van der Waals surface area contributed by atoms with Crippen molar-refractivity contribution in [1.29, 1.82) is 0 Å². The van der Waals surface area contributed by atoms with Gasteiger partial charge in [0.2, 0.25) is 17.7 Å². The van der Waals surface area contributed by atoms with Crippen LogP contribution in [0.25, 0.3) is 0 Å². The summed E-state index contributed by atoms with van der Waals surface area (Å²) >= 11 is 0. The number of benzene rings is 1. The molecule has 3 amide bonds. The van der Waals surface area contributed by atoms with E-state index in [2.05, 4.69) is 22.0 Å². The normalized spacial score (nSPS) is 22.6. The summed E-state index contributed by atoms with van der Waals surface area (Å²) in [6.07, 6.45) is 6.50. The highest BCUT2D eigenvalue weighted by atomic mass is 16.6. The molecule has 0 radical (unpaired) electrons. The first-order valence-electron chi connectivity index (χ1n) is 14.3. The van der Waals surface area contributed by atoms with E-state index in [0.29, 0.717) is 44.6 Å². The molecule has 0 bridgehead atoms. The van der Waals surface area contributed by atoms with Crippen molar-refractivity contribution in [1.82, 2.24) is 16.0 Å². The van der Waals surface area contributed by atoms with E-state index in [1.54, 1.807) is 26.0 Å². The van der Waals surface area contributed by atoms with Crippen molar-refractivity contribution in [3.63, 3.8) is 0 Å². The largest absolute Gasteiger partial charge is 0.504 e. The highest BCUT2D eigenvalue weighted by Crippen LogP contribution is 2.31. The molecule has 1 aromatic carbocycles. The van der Waals surface area contributed by atoms with Gasteiger partial charge in [0.05, 0.1) is 19.8 Å². The summed E-state index contributed by atoms with van der Waals surface area (Å²) in [4.78, 5) is 52.9. The first kappa shape index (κ1) is 30.5. The maximum Gasteiger partial charge on any atom is 0.243 e. The molecule has 41 heavy (non-hydrogen) atoms. The fourth-order valence-corrected chi connectivity index (χ4v) is 5.25. The van der Waals surface area contributed by atoms with E-state index in [-0.39, 0.29) is 35.5 Å². The van der Waals surface area contributed by atoms with Crippen LogP contribution in [0.5, 0.6) is 11.5 Å². The molecule has 2 saturated heterocycles. The summed E-state index contributed by atoms with van der Waals surface area (Å²) in [6.45, 7) is 4.56. The molecule has 11 nitrogen and oxygen atoms in total. The number of phenolic OH excluding ortho intramolecular Hbond substituents is 1. The minimum atomic E-state index is -1.08. The SMILES string of the molecule is COc1ccc(C[C@H](NC(=O)[C@@H](C)NC(=O)C2CCOCC2)C(=O)N[C@@H](CC2=CCCC2)C(=O)[C@]2(C)CO2)cc1O. The summed E-state index contributed by atoms with van der Waals surface area (Å²) in [5.41, 5.74) is 0.750. The van der Waals surface area contributed by atoms with E-state index in [9.17, 15) is 24.3 Å². The van der Waals surface area contributed by atoms with Crippen LogP contribution in [0.15, 0.2) is 29.8 Å². The molecule has 0 spiro atoms. The maximum atomic E-state index is 13.7. The zero-order valence-electron chi connectivity index (χ0n) is 24.0. The van der Waals surface area contributed by atoms with Gasteiger partial charge < -0.3 is 35.3 Å². The summed E-state index contributed by atoms with van der Waals surface area (Å²) in [5, 5.41) is 18.6. The number of ketones is 1. The van der Waals surface area contributed by atoms with Crippen LogP contribution in [-0.4, -0.2) is 79.3 Å². The van der Waals surface area contributed by atoms with Gasteiger partial charge in [-0.15, -0.1) is 0 Å². The van der Waals surface area contributed by atoms with E-state index >= 15 is 0 Å². The molecule has 3 aliphatic rings. The zero-order chi connectivity index (χ0) is 29.6. The Morgan fingerprint density at radius 3 is 2.39 bits per heavy atom. The summed E-state index contributed by atoms with van der Waals surface area (Å²) < 4.78 is 15.8. The Morgan fingerprint density at radius 1 is 1.07 bits per heavy atom. The molecule has 2 heterocycles. The predicted octanol–water partition coefficient (Wildman–Crippen LogP) is 1.70. The second-order valence-electron chi connectivity index (χ2n) is 11.3. The monoisotopic (exact) mass is 571 g/mol. The van der Waals surface area contributed by atoms with Crippen molar-refractivity contribution < 1.29 is 38.5 Å². The third-order valence-electron chi connectivity index (χ3n) is 7.99. The van der Waals surface area contributed by atoms with Crippen molar-refractivity contribution >= 4 is 23.5 Å². The standard InChI is InChI=1S/C30H41N3O8/c1-18(31-28(37)21-10-12-40-13-11-21)27(36)33-23(15-20-8-9-25(39-3)24(34)16-20)29(38)32-22(14-19-6-4-5-7-19)26(35)30(2)17-41-30/h6,8-9,16,18,21-23,34H,4-5,7,10-15,17H2,1-3H3,(H,31,37)(H,32,38)(H,33,36)/t18-,22+,23+,30+/m1/s1. The van der Waals surface area contributed by atoms with Crippen LogP contribution in [0.4, 0.5) is 0 Å². The first-order valence-corrected chi connectivity index (χ1v) is 14.3. The number of hydrogen-bond donors (Lipinski definition) is 4. The molecule has 4 atom stereocenters. The molecule has 0 unspecified atom stereocenters. The molecule has 1 aromatic rings. The average Bonchev–Trinajstić information content (AvgIpc) is 3.50. The lowest BCUT2D eigenvalue weighted by molar-refractivity contribution is -0.135. The molecular formula is C30H41N3O8. The number of rotatable bonds is 13. The molecule has 11 heteroatoms. The lowest BCUT2D eigenvalue weighted by Gasteiger charge is -2.26. The van der Waals surface area contributed by atoms with E-state index in [1.807, 2.05) is 0 Å². The lowest BCUT2D eigenvalue weighted by atomic mass is 9.94. The van der Waals surface area contributed by atoms with Crippen LogP contribution in [-0.2, 0) is 35.1 Å². The van der Waals surface area contributed by atoms with E-state index in [4.69, 9.17) is 14.2 Å². The van der Waals surface area contributed by atoms with Gasteiger partial charge in [-0.05, 0) is 70.1 Å². The number of Topliss-reactive ketones (excluding diaryl/α,β-unsaturated/α-hetero) is 1. The number of carbonyl (C=O) groups is 4. The highest BCUT2D eigenvalue weighted by molar-refractivity contribution is 5.98. The number of ether oxygens (including phenoxy) is 3.